The minimum Gasteiger partial charge on any atom is -0.495 e. The van der Waals surface area contributed by atoms with Gasteiger partial charge in [-0.05, 0) is 58.0 Å². The van der Waals surface area contributed by atoms with Crippen LogP contribution in [0.3, 0.4) is 0 Å². The van der Waals surface area contributed by atoms with E-state index in [9.17, 15) is 0 Å². The van der Waals surface area contributed by atoms with E-state index in [1.54, 1.807) is 19.5 Å². The minimum absolute atomic E-state index is 0.225. The van der Waals surface area contributed by atoms with Gasteiger partial charge < -0.3 is 10.5 Å². The Hall–Kier alpha value is -0.660. The number of ether oxygens (including phenoxy) is 1. The second-order valence-corrected chi connectivity index (χ2v) is 5.90. The van der Waals surface area contributed by atoms with Crippen molar-refractivity contribution < 1.29 is 4.74 Å². The Morgan fingerprint density at radius 2 is 2.11 bits per heavy atom. The Bertz CT molecular complexity index is 562. The van der Waals surface area contributed by atoms with Crippen LogP contribution in [0.25, 0.3) is 0 Å². The number of halogens is 2. The summed E-state index contributed by atoms with van der Waals surface area (Å²) in [6, 6.07) is 7.78. The van der Waals surface area contributed by atoms with E-state index in [-0.39, 0.29) is 6.04 Å². The predicted molar refractivity (Wildman–Crippen MR) is 83.7 cm³/mol. The van der Waals surface area contributed by atoms with Gasteiger partial charge in [0.15, 0.2) is 0 Å². The number of rotatable bonds is 3. The summed E-state index contributed by atoms with van der Waals surface area (Å²) in [4.78, 5) is 4.13. The van der Waals surface area contributed by atoms with Gasteiger partial charge in [0.25, 0.3) is 0 Å². The van der Waals surface area contributed by atoms with Gasteiger partial charge in [-0.1, -0.05) is 15.9 Å². The van der Waals surface area contributed by atoms with Crippen LogP contribution >= 0.6 is 38.5 Å². The quantitative estimate of drug-likeness (QED) is 0.776. The molecular weight excluding hydrogens is 407 g/mol. The van der Waals surface area contributed by atoms with Crippen molar-refractivity contribution >= 4 is 38.5 Å². The van der Waals surface area contributed by atoms with Gasteiger partial charge >= 0.3 is 0 Å². The number of hydrogen-bond acceptors (Lipinski definition) is 3. The SMILES string of the molecule is COc1cncc(C(N)c2cc(I)ccc2Br)c1. The summed E-state index contributed by atoms with van der Waals surface area (Å²) < 4.78 is 7.31. The van der Waals surface area contributed by atoms with Crippen LogP contribution < -0.4 is 10.5 Å². The number of hydrogen-bond donors (Lipinski definition) is 1. The summed E-state index contributed by atoms with van der Waals surface area (Å²) in [5.74, 6) is 0.713. The highest BCUT2D eigenvalue weighted by molar-refractivity contribution is 14.1. The lowest BCUT2D eigenvalue weighted by Gasteiger charge is -2.15. The second kappa shape index (κ2) is 5.99. The summed E-state index contributed by atoms with van der Waals surface area (Å²) in [5, 5.41) is 0. The van der Waals surface area contributed by atoms with Crippen molar-refractivity contribution in [3.05, 3.63) is 55.8 Å². The molecule has 2 aromatic rings. The topological polar surface area (TPSA) is 48.1 Å². The molecule has 1 aromatic carbocycles. The lowest BCUT2D eigenvalue weighted by molar-refractivity contribution is 0.412. The van der Waals surface area contributed by atoms with Crippen LogP contribution in [0.4, 0.5) is 0 Å². The van der Waals surface area contributed by atoms with E-state index in [4.69, 9.17) is 10.5 Å². The lowest BCUT2D eigenvalue weighted by Crippen LogP contribution is -2.13. The molecule has 0 spiro atoms. The molecule has 1 atom stereocenters. The number of nitrogens with zero attached hydrogens (tertiary/aromatic N) is 1. The molecule has 0 bridgehead atoms. The largest absolute Gasteiger partial charge is 0.495 e. The molecule has 3 nitrogen and oxygen atoms in total. The molecule has 1 aromatic heterocycles. The molecule has 0 saturated carbocycles. The summed E-state index contributed by atoms with van der Waals surface area (Å²) in [6.07, 6.45) is 3.43. The minimum atomic E-state index is -0.225. The lowest BCUT2D eigenvalue weighted by atomic mass is 10.0. The fourth-order valence-corrected chi connectivity index (χ4v) is 2.66. The molecule has 0 saturated heterocycles. The van der Waals surface area contributed by atoms with Crippen molar-refractivity contribution in [2.75, 3.05) is 7.11 Å². The Kier molecular flexibility index (Phi) is 4.58. The maximum Gasteiger partial charge on any atom is 0.137 e. The number of methoxy groups -OCH3 is 1. The zero-order valence-corrected chi connectivity index (χ0v) is 13.5. The Labute approximate surface area is 128 Å². The molecular formula is C13H12BrIN2O. The van der Waals surface area contributed by atoms with E-state index in [0.717, 1.165) is 19.2 Å². The van der Waals surface area contributed by atoms with Gasteiger partial charge in [-0.3, -0.25) is 4.98 Å². The highest BCUT2D eigenvalue weighted by Crippen LogP contribution is 2.29. The number of benzene rings is 1. The Morgan fingerprint density at radius 3 is 2.83 bits per heavy atom. The van der Waals surface area contributed by atoms with Gasteiger partial charge in [0.2, 0.25) is 0 Å². The van der Waals surface area contributed by atoms with Crippen molar-refractivity contribution in [3.63, 3.8) is 0 Å². The molecule has 2 N–H and O–H groups in total. The van der Waals surface area contributed by atoms with Crippen LogP contribution in [0.15, 0.2) is 41.1 Å². The third-order valence-corrected chi connectivity index (χ3v) is 4.02. The van der Waals surface area contributed by atoms with E-state index in [1.165, 1.54) is 0 Å². The highest BCUT2D eigenvalue weighted by Gasteiger charge is 2.13. The fourth-order valence-electron chi connectivity index (χ4n) is 1.65. The number of aromatic nitrogens is 1. The molecule has 0 radical (unpaired) electrons. The third-order valence-electron chi connectivity index (χ3n) is 2.62. The van der Waals surface area contributed by atoms with Crippen molar-refractivity contribution in [2.45, 2.75) is 6.04 Å². The molecule has 2 rings (SSSR count). The zero-order valence-electron chi connectivity index (χ0n) is 9.73. The molecule has 0 aliphatic carbocycles. The Morgan fingerprint density at radius 1 is 1.33 bits per heavy atom. The number of nitrogens with two attached hydrogens (primary N) is 1. The standard InChI is InChI=1S/C13H12BrIN2O/c1-18-10-4-8(6-17-7-10)13(16)11-5-9(15)2-3-12(11)14/h2-7,13H,16H2,1H3. The molecule has 0 aliphatic rings. The average molecular weight is 419 g/mol. The maximum absolute atomic E-state index is 6.28. The van der Waals surface area contributed by atoms with Gasteiger partial charge in [0.05, 0.1) is 19.3 Å². The van der Waals surface area contributed by atoms with E-state index in [1.807, 2.05) is 18.2 Å². The number of pyridine rings is 1. The van der Waals surface area contributed by atoms with Crippen molar-refractivity contribution in [1.82, 2.24) is 4.98 Å². The molecule has 5 heteroatoms. The summed E-state index contributed by atoms with van der Waals surface area (Å²) >= 11 is 5.80. The highest BCUT2D eigenvalue weighted by atomic mass is 127. The second-order valence-electron chi connectivity index (χ2n) is 3.80. The average Bonchev–Trinajstić information content (AvgIpc) is 2.41. The monoisotopic (exact) mass is 418 g/mol. The predicted octanol–water partition coefficient (Wildman–Crippen LogP) is 3.51. The molecule has 18 heavy (non-hydrogen) atoms. The first-order valence-corrected chi connectivity index (χ1v) is 7.18. The van der Waals surface area contributed by atoms with Crippen LogP contribution in [-0.2, 0) is 0 Å². The van der Waals surface area contributed by atoms with Crippen LogP contribution in [0, 0.1) is 3.57 Å². The molecule has 0 aliphatic heterocycles. The summed E-state index contributed by atoms with van der Waals surface area (Å²) in [5.41, 5.74) is 8.25. The third kappa shape index (κ3) is 3.02. The molecule has 94 valence electrons. The van der Waals surface area contributed by atoms with Crippen LogP contribution in [-0.4, -0.2) is 12.1 Å². The van der Waals surface area contributed by atoms with Gasteiger partial charge in [0, 0.05) is 14.2 Å². The molecule has 1 unspecified atom stereocenters. The van der Waals surface area contributed by atoms with Gasteiger partial charge in [-0.2, -0.15) is 0 Å². The first-order chi connectivity index (χ1) is 8.61. The van der Waals surface area contributed by atoms with Crippen LogP contribution in [0.2, 0.25) is 0 Å². The Balaban J connectivity index is 2.40. The van der Waals surface area contributed by atoms with Crippen molar-refractivity contribution in [2.24, 2.45) is 5.73 Å². The summed E-state index contributed by atoms with van der Waals surface area (Å²) in [6.45, 7) is 0. The van der Waals surface area contributed by atoms with Gasteiger partial charge in [-0.15, -0.1) is 0 Å². The first kappa shape index (κ1) is 13.8. The van der Waals surface area contributed by atoms with E-state index >= 15 is 0 Å². The molecule has 0 amide bonds. The normalized spacial score (nSPS) is 12.2. The van der Waals surface area contributed by atoms with E-state index in [0.29, 0.717) is 5.75 Å². The first-order valence-electron chi connectivity index (χ1n) is 5.31. The van der Waals surface area contributed by atoms with Crippen LogP contribution in [0.5, 0.6) is 5.75 Å². The van der Waals surface area contributed by atoms with Crippen molar-refractivity contribution in [3.8, 4) is 5.75 Å². The molecule has 0 fully saturated rings. The summed E-state index contributed by atoms with van der Waals surface area (Å²) in [7, 11) is 1.62. The van der Waals surface area contributed by atoms with E-state index < -0.39 is 0 Å². The fraction of sp³-hybridized carbons (Fsp3) is 0.154. The van der Waals surface area contributed by atoms with Crippen LogP contribution in [0.1, 0.15) is 17.2 Å². The maximum atomic E-state index is 6.28. The van der Waals surface area contributed by atoms with Crippen molar-refractivity contribution in [1.29, 1.82) is 0 Å². The van der Waals surface area contributed by atoms with Gasteiger partial charge in [0.1, 0.15) is 5.75 Å². The smallest absolute Gasteiger partial charge is 0.137 e. The van der Waals surface area contributed by atoms with Gasteiger partial charge in [-0.25, -0.2) is 0 Å². The molecule has 1 heterocycles. The zero-order chi connectivity index (χ0) is 13.1. The van der Waals surface area contributed by atoms with E-state index in [2.05, 4.69) is 49.6 Å².